The zero-order chi connectivity index (χ0) is 14.7. The number of hydrogen-bond acceptors (Lipinski definition) is 2. The fourth-order valence-electron chi connectivity index (χ4n) is 1.39. The van der Waals surface area contributed by atoms with Crippen LogP contribution in [-0.2, 0) is 0 Å². The maximum atomic E-state index is 13.2. The Kier molecular flexibility index (Phi) is 4.36. The molecule has 0 atom stereocenters. The molecule has 0 aliphatic heterocycles. The molecule has 0 bridgehead atoms. The van der Waals surface area contributed by atoms with Crippen LogP contribution in [0.2, 0.25) is 10.2 Å². The summed E-state index contributed by atoms with van der Waals surface area (Å²) in [4.78, 5) is 15.4. The fraction of sp³-hybridized carbons (Fsp3) is 0. The minimum Gasteiger partial charge on any atom is -0.308 e. The van der Waals surface area contributed by atoms with E-state index in [4.69, 9.17) is 23.2 Å². The zero-order valence-corrected chi connectivity index (χ0v) is 11.3. The average molecular weight is 318 g/mol. The quantitative estimate of drug-likeness (QED) is 0.640. The molecule has 104 valence electrons. The van der Waals surface area contributed by atoms with Crippen LogP contribution in [0.3, 0.4) is 0 Å². The molecule has 20 heavy (non-hydrogen) atoms. The van der Waals surface area contributed by atoms with Gasteiger partial charge in [-0.1, -0.05) is 23.2 Å². The van der Waals surface area contributed by atoms with Gasteiger partial charge >= 0.3 is 6.03 Å². The van der Waals surface area contributed by atoms with Gasteiger partial charge in [0.05, 0.1) is 5.69 Å². The molecule has 4 nitrogen and oxygen atoms in total. The van der Waals surface area contributed by atoms with Crippen LogP contribution >= 0.6 is 23.2 Å². The highest BCUT2D eigenvalue weighted by molar-refractivity contribution is 6.34. The number of hydrogen-bond donors (Lipinski definition) is 2. The summed E-state index contributed by atoms with van der Waals surface area (Å²) < 4.78 is 26.1. The molecule has 0 unspecified atom stereocenters. The van der Waals surface area contributed by atoms with Crippen LogP contribution in [0.15, 0.2) is 30.5 Å². The minimum absolute atomic E-state index is 0.0526. The highest BCUT2D eigenvalue weighted by Crippen LogP contribution is 2.26. The van der Waals surface area contributed by atoms with Gasteiger partial charge in [0.2, 0.25) is 0 Å². The number of amides is 2. The number of carbonyl (C=O) groups is 1. The lowest BCUT2D eigenvalue weighted by atomic mass is 10.3. The molecule has 0 saturated heterocycles. The van der Waals surface area contributed by atoms with Gasteiger partial charge in [0.1, 0.15) is 10.2 Å². The van der Waals surface area contributed by atoms with Crippen molar-refractivity contribution < 1.29 is 13.6 Å². The van der Waals surface area contributed by atoms with Gasteiger partial charge in [0.15, 0.2) is 11.6 Å². The topological polar surface area (TPSA) is 54.0 Å². The Morgan fingerprint density at radius 1 is 1.15 bits per heavy atom. The molecule has 2 aromatic rings. The van der Waals surface area contributed by atoms with Crippen LogP contribution < -0.4 is 10.6 Å². The van der Waals surface area contributed by atoms with E-state index >= 15 is 0 Å². The molecule has 0 fully saturated rings. The van der Waals surface area contributed by atoms with E-state index in [-0.39, 0.29) is 10.8 Å². The smallest absolute Gasteiger partial charge is 0.308 e. The van der Waals surface area contributed by atoms with E-state index in [2.05, 4.69) is 15.6 Å². The third kappa shape index (κ3) is 3.34. The van der Waals surface area contributed by atoms with Crippen LogP contribution in [0.25, 0.3) is 0 Å². The van der Waals surface area contributed by atoms with Crippen molar-refractivity contribution in [2.24, 2.45) is 0 Å². The first-order valence-electron chi connectivity index (χ1n) is 5.30. The van der Waals surface area contributed by atoms with Gasteiger partial charge in [-0.2, -0.15) is 0 Å². The number of nitrogens with one attached hydrogen (secondary N) is 2. The second-order valence-electron chi connectivity index (χ2n) is 3.67. The fourth-order valence-corrected chi connectivity index (χ4v) is 1.76. The van der Waals surface area contributed by atoms with Crippen LogP contribution in [-0.4, -0.2) is 11.0 Å². The second kappa shape index (κ2) is 6.02. The Balaban J connectivity index is 2.11. The van der Waals surface area contributed by atoms with E-state index in [0.29, 0.717) is 5.69 Å². The Morgan fingerprint density at radius 3 is 2.60 bits per heavy atom. The molecule has 2 amide bonds. The SMILES string of the molecule is O=C(Nc1ccnc(Cl)c1)Nc1ccc(F)c(F)c1Cl. The first-order chi connectivity index (χ1) is 9.47. The largest absolute Gasteiger partial charge is 0.323 e. The first-order valence-corrected chi connectivity index (χ1v) is 6.06. The van der Waals surface area contributed by atoms with Crippen molar-refractivity contribution in [3.8, 4) is 0 Å². The average Bonchev–Trinajstić information content (AvgIpc) is 2.39. The Bertz CT molecular complexity index is 667. The van der Waals surface area contributed by atoms with E-state index in [1.165, 1.54) is 18.3 Å². The van der Waals surface area contributed by atoms with Crippen molar-refractivity contribution in [3.05, 3.63) is 52.3 Å². The lowest BCUT2D eigenvalue weighted by Gasteiger charge is -2.09. The number of carbonyl (C=O) groups excluding carboxylic acids is 1. The Hall–Kier alpha value is -1.92. The molecular formula is C12H7Cl2F2N3O. The van der Waals surface area contributed by atoms with Crippen LogP contribution in [0.5, 0.6) is 0 Å². The third-order valence-electron chi connectivity index (χ3n) is 2.27. The normalized spacial score (nSPS) is 10.2. The van der Waals surface area contributed by atoms with E-state index in [9.17, 15) is 13.6 Å². The summed E-state index contributed by atoms with van der Waals surface area (Å²) in [5.74, 6) is -2.32. The summed E-state index contributed by atoms with van der Waals surface area (Å²) in [6.07, 6.45) is 1.41. The molecule has 0 aliphatic carbocycles. The zero-order valence-electron chi connectivity index (χ0n) is 9.75. The highest BCUT2D eigenvalue weighted by atomic mass is 35.5. The van der Waals surface area contributed by atoms with Gasteiger partial charge in [-0.05, 0) is 24.3 Å². The maximum absolute atomic E-state index is 13.2. The number of benzene rings is 1. The van der Waals surface area contributed by atoms with Crippen molar-refractivity contribution in [3.63, 3.8) is 0 Å². The molecule has 8 heteroatoms. The van der Waals surface area contributed by atoms with Gasteiger partial charge in [-0.25, -0.2) is 18.6 Å². The summed E-state index contributed by atoms with van der Waals surface area (Å²) in [5, 5.41) is 4.43. The maximum Gasteiger partial charge on any atom is 0.323 e. The van der Waals surface area contributed by atoms with Gasteiger partial charge in [-0.3, -0.25) is 0 Å². The molecular weight excluding hydrogens is 311 g/mol. The number of rotatable bonds is 2. The summed E-state index contributed by atoms with van der Waals surface area (Å²) >= 11 is 11.2. The molecule has 2 N–H and O–H groups in total. The van der Waals surface area contributed by atoms with Crippen LogP contribution in [0.1, 0.15) is 0 Å². The van der Waals surface area contributed by atoms with E-state index in [1.807, 2.05) is 0 Å². The van der Waals surface area contributed by atoms with Crippen molar-refractivity contribution in [1.29, 1.82) is 0 Å². The summed E-state index contributed by atoms with van der Waals surface area (Å²) in [6, 6.07) is 4.27. The van der Waals surface area contributed by atoms with Gasteiger partial charge < -0.3 is 10.6 Å². The number of aromatic nitrogens is 1. The summed E-state index contributed by atoms with van der Waals surface area (Å²) in [5.41, 5.74) is 0.337. The molecule has 1 aromatic heterocycles. The van der Waals surface area contributed by atoms with E-state index in [1.54, 1.807) is 0 Å². The summed E-state index contributed by atoms with van der Waals surface area (Å²) in [7, 11) is 0. The van der Waals surface area contributed by atoms with Crippen molar-refractivity contribution in [2.45, 2.75) is 0 Å². The lowest BCUT2D eigenvalue weighted by Crippen LogP contribution is -2.20. The van der Waals surface area contributed by atoms with Gasteiger partial charge in [0.25, 0.3) is 0 Å². The standard InChI is InChI=1S/C12H7Cl2F2N3O/c13-9-5-6(3-4-17-9)18-12(20)19-8-2-1-7(15)11(16)10(8)14/h1-5H,(H2,17,18,19,20). The molecule has 0 spiro atoms. The van der Waals surface area contributed by atoms with E-state index in [0.717, 1.165) is 12.1 Å². The van der Waals surface area contributed by atoms with Crippen LogP contribution in [0.4, 0.5) is 25.0 Å². The number of nitrogens with zero attached hydrogens (tertiary/aromatic N) is 1. The number of pyridine rings is 1. The Labute approximate surface area is 122 Å². The van der Waals surface area contributed by atoms with Crippen LogP contribution in [0, 0.1) is 11.6 Å². The predicted molar refractivity (Wildman–Crippen MR) is 73.3 cm³/mol. The van der Waals surface area contributed by atoms with Crippen molar-refractivity contribution in [2.75, 3.05) is 10.6 Å². The molecule has 1 heterocycles. The number of halogens is 4. The molecule has 0 aliphatic rings. The lowest BCUT2D eigenvalue weighted by molar-refractivity contribution is 0.262. The molecule has 2 rings (SSSR count). The van der Waals surface area contributed by atoms with Gasteiger partial charge in [-0.15, -0.1) is 0 Å². The molecule has 0 radical (unpaired) electrons. The third-order valence-corrected chi connectivity index (χ3v) is 2.84. The summed E-state index contributed by atoms with van der Waals surface area (Å²) in [6.45, 7) is 0. The second-order valence-corrected chi connectivity index (χ2v) is 4.43. The van der Waals surface area contributed by atoms with Crippen molar-refractivity contribution >= 4 is 40.6 Å². The first kappa shape index (κ1) is 14.5. The number of anilines is 2. The monoisotopic (exact) mass is 317 g/mol. The predicted octanol–water partition coefficient (Wildman–Crippen LogP) is 4.31. The van der Waals surface area contributed by atoms with Crippen molar-refractivity contribution in [1.82, 2.24) is 4.98 Å². The highest BCUT2D eigenvalue weighted by Gasteiger charge is 2.13. The molecule has 1 aromatic carbocycles. The van der Waals surface area contributed by atoms with E-state index < -0.39 is 22.7 Å². The van der Waals surface area contributed by atoms with Gasteiger partial charge in [0, 0.05) is 11.9 Å². The minimum atomic E-state index is -1.23. The molecule has 0 saturated carbocycles. The Morgan fingerprint density at radius 2 is 1.90 bits per heavy atom. The number of urea groups is 1.